The molecule has 8 nitrogen and oxygen atoms in total. The van der Waals surface area contributed by atoms with Crippen LogP contribution in [0.4, 0.5) is 0 Å². The fourth-order valence-electron chi connectivity index (χ4n) is 4.04. The largest absolute Gasteiger partial charge is 0.469 e. The van der Waals surface area contributed by atoms with Crippen molar-refractivity contribution in [1.82, 2.24) is 0 Å². The summed E-state index contributed by atoms with van der Waals surface area (Å²) in [5, 5.41) is 9.94. The van der Waals surface area contributed by atoms with E-state index in [1.54, 1.807) is 24.3 Å². The van der Waals surface area contributed by atoms with Gasteiger partial charge in [0, 0.05) is 13.0 Å². The number of hydrogen-bond donors (Lipinski definition) is 1. The van der Waals surface area contributed by atoms with E-state index in [2.05, 4.69) is 4.74 Å². The lowest BCUT2D eigenvalue weighted by molar-refractivity contribution is -0.170. The highest BCUT2D eigenvalue weighted by Crippen LogP contribution is 2.29. The molecule has 36 heavy (non-hydrogen) atoms. The van der Waals surface area contributed by atoms with Crippen LogP contribution in [0.15, 0.2) is 60.7 Å². The standard InChI is InChI=1S/C28H36O8/c1-32-24(30)17-11-3-2-4-12-18-33-28-26(36-27(31)22-15-9-6-10-16-22)25(23(19-29)35-28)34-20-21-13-7-5-8-14-21/h5-10,13-16,23,25-26,28-29H,2-4,11-12,17-20H2,1H3/t23-,25-,26+,28+/m1/s1. The van der Waals surface area contributed by atoms with Gasteiger partial charge in [-0.25, -0.2) is 4.79 Å². The van der Waals surface area contributed by atoms with Gasteiger partial charge >= 0.3 is 11.9 Å². The molecule has 0 aliphatic carbocycles. The normalized spacial score (nSPS) is 21.3. The van der Waals surface area contributed by atoms with Crippen LogP contribution in [0.1, 0.15) is 54.4 Å². The molecule has 0 aromatic heterocycles. The third-order valence-electron chi connectivity index (χ3n) is 6.02. The highest BCUT2D eigenvalue weighted by molar-refractivity contribution is 5.89. The van der Waals surface area contributed by atoms with Crippen LogP contribution >= 0.6 is 0 Å². The molecule has 4 atom stereocenters. The van der Waals surface area contributed by atoms with Crippen molar-refractivity contribution < 1.29 is 38.4 Å². The Morgan fingerprint density at radius 1 is 0.861 bits per heavy atom. The van der Waals surface area contributed by atoms with Crippen LogP contribution in [0, 0.1) is 0 Å². The van der Waals surface area contributed by atoms with Gasteiger partial charge in [0.1, 0.15) is 12.2 Å². The van der Waals surface area contributed by atoms with Gasteiger partial charge in [-0.15, -0.1) is 0 Å². The molecule has 196 valence electrons. The van der Waals surface area contributed by atoms with Crippen molar-refractivity contribution in [2.24, 2.45) is 0 Å². The molecule has 3 rings (SSSR count). The summed E-state index contributed by atoms with van der Waals surface area (Å²) in [7, 11) is 1.40. The van der Waals surface area contributed by atoms with Crippen molar-refractivity contribution in [2.45, 2.75) is 69.7 Å². The zero-order valence-corrected chi connectivity index (χ0v) is 20.8. The van der Waals surface area contributed by atoms with Gasteiger partial charge in [-0.2, -0.15) is 0 Å². The molecule has 1 aliphatic heterocycles. The lowest BCUT2D eigenvalue weighted by atomic mass is 10.1. The van der Waals surface area contributed by atoms with Crippen molar-refractivity contribution >= 4 is 11.9 Å². The molecule has 2 aromatic rings. The van der Waals surface area contributed by atoms with Crippen LogP contribution in [0.3, 0.4) is 0 Å². The number of ether oxygens (including phenoxy) is 5. The molecule has 0 bridgehead atoms. The summed E-state index contributed by atoms with van der Waals surface area (Å²) in [6.45, 7) is 0.395. The second-order valence-electron chi connectivity index (χ2n) is 8.69. The van der Waals surface area contributed by atoms with E-state index in [0.717, 1.165) is 37.7 Å². The van der Waals surface area contributed by atoms with Gasteiger partial charge in [0.25, 0.3) is 0 Å². The summed E-state index contributed by atoms with van der Waals surface area (Å²) in [5.41, 5.74) is 1.37. The minimum absolute atomic E-state index is 0.185. The first-order valence-electron chi connectivity index (χ1n) is 12.5. The maximum atomic E-state index is 12.8. The molecule has 8 heteroatoms. The summed E-state index contributed by atoms with van der Waals surface area (Å²) >= 11 is 0. The maximum Gasteiger partial charge on any atom is 0.338 e. The molecular weight excluding hydrogens is 464 g/mol. The van der Waals surface area contributed by atoms with Crippen molar-refractivity contribution in [1.29, 1.82) is 0 Å². The molecule has 1 heterocycles. The SMILES string of the molecule is COC(=O)CCCCCCCO[C@H]1O[C@H](CO)[C@@H](OCc2ccccc2)[C@@H]1OC(=O)c1ccccc1. The van der Waals surface area contributed by atoms with Crippen molar-refractivity contribution in [2.75, 3.05) is 20.3 Å². The Balaban J connectivity index is 1.56. The van der Waals surface area contributed by atoms with E-state index in [9.17, 15) is 14.7 Å². The summed E-state index contributed by atoms with van der Waals surface area (Å²) < 4.78 is 28.4. The fourth-order valence-corrected chi connectivity index (χ4v) is 4.04. The Morgan fingerprint density at radius 3 is 2.22 bits per heavy atom. The van der Waals surface area contributed by atoms with Gasteiger partial charge in [0.15, 0.2) is 12.4 Å². The maximum absolute atomic E-state index is 12.8. The van der Waals surface area contributed by atoms with E-state index >= 15 is 0 Å². The molecule has 1 fully saturated rings. The minimum Gasteiger partial charge on any atom is -0.469 e. The van der Waals surface area contributed by atoms with Crippen LogP contribution in [0.25, 0.3) is 0 Å². The molecule has 0 unspecified atom stereocenters. The monoisotopic (exact) mass is 500 g/mol. The summed E-state index contributed by atoms with van der Waals surface area (Å²) in [6, 6.07) is 18.3. The molecule has 1 saturated heterocycles. The molecule has 0 radical (unpaired) electrons. The number of carbonyl (C=O) groups is 2. The van der Waals surface area contributed by atoms with E-state index in [1.165, 1.54) is 7.11 Å². The van der Waals surface area contributed by atoms with Gasteiger partial charge in [0.05, 0.1) is 25.9 Å². The molecule has 0 saturated carbocycles. The molecule has 0 spiro atoms. The second kappa shape index (κ2) is 15.4. The first-order chi connectivity index (χ1) is 17.6. The smallest absolute Gasteiger partial charge is 0.338 e. The summed E-state index contributed by atoms with van der Waals surface area (Å²) in [5.74, 6) is -0.689. The average molecular weight is 501 g/mol. The van der Waals surface area contributed by atoms with Gasteiger partial charge in [-0.1, -0.05) is 67.8 Å². The Morgan fingerprint density at radius 2 is 1.53 bits per heavy atom. The first-order valence-corrected chi connectivity index (χ1v) is 12.5. The Hall–Kier alpha value is -2.78. The number of methoxy groups -OCH3 is 1. The third-order valence-corrected chi connectivity index (χ3v) is 6.02. The van der Waals surface area contributed by atoms with E-state index in [0.29, 0.717) is 18.6 Å². The van der Waals surface area contributed by atoms with Crippen LogP contribution < -0.4 is 0 Å². The fraction of sp³-hybridized carbons (Fsp3) is 0.500. The highest BCUT2D eigenvalue weighted by Gasteiger charge is 2.48. The summed E-state index contributed by atoms with van der Waals surface area (Å²) in [6.07, 6.45) is 1.80. The van der Waals surface area contributed by atoms with Crippen molar-refractivity contribution in [3.05, 3.63) is 71.8 Å². The number of rotatable bonds is 15. The Labute approximate surface area is 212 Å². The number of esters is 2. The van der Waals surface area contributed by atoms with E-state index in [4.69, 9.17) is 18.9 Å². The lowest BCUT2D eigenvalue weighted by Crippen LogP contribution is -2.40. The number of benzene rings is 2. The van der Waals surface area contributed by atoms with Gasteiger partial charge < -0.3 is 28.8 Å². The predicted molar refractivity (Wildman–Crippen MR) is 132 cm³/mol. The average Bonchev–Trinajstić information content (AvgIpc) is 3.25. The number of aliphatic hydroxyl groups is 1. The third kappa shape index (κ3) is 8.71. The van der Waals surface area contributed by atoms with E-state index < -0.39 is 30.6 Å². The van der Waals surface area contributed by atoms with Crippen molar-refractivity contribution in [3.63, 3.8) is 0 Å². The molecule has 1 N–H and O–H groups in total. The molecular formula is C28H36O8. The van der Waals surface area contributed by atoms with E-state index in [-0.39, 0.29) is 19.2 Å². The van der Waals surface area contributed by atoms with Gasteiger partial charge in [-0.3, -0.25) is 4.79 Å². The van der Waals surface area contributed by atoms with Gasteiger partial charge in [-0.05, 0) is 30.5 Å². The van der Waals surface area contributed by atoms with E-state index in [1.807, 2.05) is 36.4 Å². The van der Waals surface area contributed by atoms with Crippen molar-refractivity contribution in [3.8, 4) is 0 Å². The van der Waals surface area contributed by atoms with Crippen LogP contribution in [0.5, 0.6) is 0 Å². The topological polar surface area (TPSA) is 101 Å². The Bertz CT molecular complexity index is 904. The number of unbranched alkanes of at least 4 members (excludes halogenated alkanes) is 4. The predicted octanol–water partition coefficient (Wildman–Crippen LogP) is 4.04. The first kappa shape index (κ1) is 27.8. The number of aliphatic hydroxyl groups excluding tert-OH is 1. The molecule has 1 aliphatic rings. The van der Waals surface area contributed by atoms with Crippen LogP contribution in [0.2, 0.25) is 0 Å². The zero-order chi connectivity index (χ0) is 25.6. The van der Waals surface area contributed by atoms with Crippen LogP contribution in [-0.4, -0.2) is 62.0 Å². The highest BCUT2D eigenvalue weighted by atomic mass is 16.7. The van der Waals surface area contributed by atoms with Crippen LogP contribution in [-0.2, 0) is 35.1 Å². The summed E-state index contributed by atoms with van der Waals surface area (Å²) in [4.78, 5) is 24.0. The number of carbonyl (C=O) groups excluding carboxylic acids is 2. The van der Waals surface area contributed by atoms with Gasteiger partial charge in [0.2, 0.25) is 0 Å². The number of hydrogen-bond acceptors (Lipinski definition) is 8. The Kier molecular flexibility index (Phi) is 11.9. The zero-order valence-electron chi connectivity index (χ0n) is 20.8. The minimum atomic E-state index is -0.852. The molecule has 0 amide bonds. The lowest BCUT2D eigenvalue weighted by Gasteiger charge is -2.24. The second-order valence-corrected chi connectivity index (χ2v) is 8.69. The molecule has 2 aromatic carbocycles. The quantitative estimate of drug-likeness (QED) is 0.289.